The maximum atomic E-state index is 12.2. The first kappa shape index (κ1) is 15.3. The molecule has 0 unspecified atom stereocenters. The highest BCUT2D eigenvalue weighted by Crippen LogP contribution is 2.14. The second kappa shape index (κ2) is 7.09. The fourth-order valence-electron chi connectivity index (χ4n) is 2.53. The molecule has 1 aromatic rings. The van der Waals surface area contributed by atoms with Gasteiger partial charge >= 0.3 is 0 Å². The molecule has 5 heteroatoms. The van der Waals surface area contributed by atoms with Gasteiger partial charge in [-0.15, -0.1) is 0 Å². The van der Waals surface area contributed by atoms with E-state index in [4.69, 9.17) is 10.00 Å². The van der Waals surface area contributed by atoms with Crippen LogP contribution in [0.25, 0.3) is 0 Å². The molecule has 2 rings (SSSR count). The summed E-state index contributed by atoms with van der Waals surface area (Å²) in [6, 6.07) is 9.62. The Balaban J connectivity index is 1.85. The van der Waals surface area contributed by atoms with Crippen LogP contribution < -0.4 is 4.74 Å². The number of piperazine rings is 1. The second-order valence-electron chi connectivity index (χ2n) is 5.47. The lowest BCUT2D eigenvalue weighted by Crippen LogP contribution is -2.53. The molecule has 1 aliphatic rings. The molecule has 0 saturated carbocycles. The van der Waals surface area contributed by atoms with Gasteiger partial charge in [0.05, 0.1) is 12.5 Å². The smallest absolute Gasteiger partial charge is 0.260 e. The van der Waals surface area contributed by atoms with E-state index in [9.17, 15) is 4.79 Å². The van der Waals surface area contributed by atoms with Gasteiger partial charge in [0.1, 0.15) is 5.75 Å². The molecule has 1 amide bonds. The lowest BCUT2D eigenvalue weighted by Gasteiger charge is -2.38. The molecule has 0 aromatic heterocycles. The van der Waals surface area contributed by atoms with Crippen molar-refractivity contribution in [3.05, 3.63) is 29.8 Å². The largest absolute Gasteiger partial charge is 0.484 e. The summed E-state index contributed by atoms with van der Waals surface area (Å²) < 4.78 is 5.54. The van der Waals surface area contributed by atoms with Crippen LogP contribution >= 0.6 is 0 Å². The van der Waals surface area contributed by atoms with Crippen LogP contribution in [0.2, 0.25) is 0 Å². The second-order valence-corrected chi connectivity index (χ2v) is 5.47. The molecular weight excluding hydrogens is 266 g/mol. The number of amides is 1. The molecule has 0 N–H and O–H groups in total. The standard InChI is InChI=1S/C16H21N3O2/c1-13-11-18(2)9-10-19(13)16(20)12-21-15-5-3-14(4-6-15)7-8-17/h3-6,13H,7,9-12H2,1-2H3/t13-/m0/s1. The maximum absolute atomic E-state index is 12.2. The van der Waals surface area contributed by atoms with Crippen molar-refractivity contribution in [3.8, 4) is 11.8 Å². The predicted octanol–water partition coefficient (Wildman–Crippen LogP) is 1.29. The van der Waals surface area contributed by atoms with E-state index in [-0.39, 0.29) is 18.6 Å². The topological polar surface area (TPSA) is 56.6 Å². The highest BCUT2D eigenvalue weighted by atomic mass is 16.5. The highest BCUT2D eigenvalue weighted by molar-refractivity contribution is 5.78. The Morgan fingerprint density at radius 2 is 2.10 bits per heavy atom. The number of benzene rings is 1. The fraction of sp³-hybridized carbons (Fsp3) is 0.500. The Labute approximate surface area is 125 Å². The molecule has 0 spiro atoms. The third-order valence-electron chi connectivity index (χ3n) is 3.72. The van der Waals surface area contributed by atoms with Gasteiger partial charge in [-0.05, 0) is 31.7 Å². The third-order valence-corrected chi connectivity index (χ3v) is 3.72. The van der Waals surface area contributed by atoms with Gasteiger partial charge in [0.15, 0.2) is 6.61 Å². The van der Waals surface area contributed by atoms with Crippen molar-refractivity contribution in [2.75, 3.05) is 33.3 Å². The summed E-state index contributed by atoms with van der Waals surface area (Å²) in [5.41, 5.74) is 0.948. The number of carbonyl (C=O) groups is 1. The molecule has 21 heavy (non-hydrogen) atoms. The Hall–Kier alpha value is -2.06. The number of rotatable bonds is 4. The molecule has 1 heterocycles. The maximum Gasteiger partial charge on any atom is 0.260 e. The van der Waals surface area contributed by atoms with Crippen LogP contribution in [-0.2, 0) is 11.2 Å². The first-order chi connectivity index (χ1) is 10.1. The monoisotopic (exact) mass is 287 g/mol. The number of hydrogen-bond donors (Lipinski definition) is 0. The van der Waals surface area contributed by atoms with Gasteiger partial charge in [0.2, 0.25) is 0 Å². The number of ether oxygens (including phenoxy) is 1. The van der Waals surface area contributed by atoms with Crippen LogP contribution in [0.5, 0.6) is 5.75 Å². The molecule has 1 saturated heterocycles. The van der Waals surface area contributed by atoms with Crippen LogP contribution in [0.3, 0.4) is 0 Å². The Morgan fingerprint density at radius 3 is 2.71 bits per heavy atom. The van der Waals surface area contributed by atoms with Gasteiger partial charge in [-0.2, -0.15) is 5.26 Å². The van der Waals surface area contributed by atoms with Crippen molar-refractivity contribution in [1.82, 2.24) is 9.80 Å². The van der Waals surface area contributed by atoms with E-state index in [2.05, 4.69) is 24.9 Å². The summed E-state index contributed by atoms with van der Waals surface area (Å²) in [5, 5.41) is 8.62. The summed E-state index contributed by atoms with van der Waals surface area (Å²) >= 11 is 0. The van der Waals surface area contributed by atoms with Crippen molar-refractivity contribution in [2.24, 2.45) is 0 Å². The molecule has 5 nitrogen and oxygen atoms in total. The summed E-state index contributed by atoms with van der Waals surface area (Å²) in [7, 11) is 2.07. The SMILES string of the molecule is C[C@H]1CN(C)CCN1C(=O)COc1ccc(CC#N)cc1. The zero-order valence-corrected chi connectivity index (χ0v) is 12.6. The van der Waals surface area contributed by atoms with Gasteiger partial charge in [-0.25, -0.2) is 0 Å². The fourth-order valence-corrected chi connectivity index (χ4v) is 2.53. The molecule has 1 aliphatic heterocycles. The van der Waals surface area contributed by atoms with Crippen molar-refractivity contribution >= 4 is 5.91 Å². The lowest BCUT2D eigenvalue weighted by atomic mass is 10.2. The zero-order valence-electron chi connectivity index (χ0n) is 12.6. The van der Waals surface area contributed by atoms with Crippen LogP contribution in [0.4, 0.5) is 0 Å². The van der Waals surface area contributed by atoms with Gasteiger partial charge in [0, 0.05) is 25.7 Å². The van der Waals surface area contributed by atoms with Crippen LogP contribution in [0.1, 0.15) is 12.5 Å². The number of nitrogens with zero attached hydrogens (tertiary/aromatic N) is 3. The molecule has 0 aliphatic carbocycles. The first-order valence-electron chi connectivity index (χ1n) is 7.17. The van der Waals surface area contributed by atoms with Gasteiger partial charge in [0.25, 0.3) is 5.91 Å². The number of likely N-dealkylation sites (N-methyl/N-ethyl adjacent to an activating group) is 1. The van der Waals surface area contributed by atoms with E-state index < -0.39 is 0 Å². The number of carbonyl (C=O) groups excluding carboxylic acids is 1. The molecule has 1 fully saturated rings. The third kappa shape index (κ3) is 4.20. The normalized spacial score (nSPS) is 19.1. The van der Waals surface area contributed by atoms with E-state index >= 15 is 0 Å². The molecular formula is C16H21N3O2. The average molecular weight is 287 g/mol. The predicted molar refractivity (Wildman–Crippen MR) is 79.9 cm³/mol. The molecule has 0 bridgehead atoms. The molecule has 1 aromatic carbocycles. The minimum Gasteiger partial charge on any atom is -0.484 e. The Kier molecular flexibility index (Phi) is 5.18. The summed E-state index contributed by atoms with van der Waals surface area (Å²) in [4.78, 5) is 16.3. The summed E-state index contributed by atoms with van der Waals surface area (Å²) in [6.07, 6.45) is 0.387. The van der Waals surface area contributed by atoms with Crippen molar-refractivity contribution in [3.63, 3.8) is 0 Å². The average Bonchev–Trinajstić information content (AvgIpc) is 2.46. The first-order valence-corrected chi connectivity index (χ1v) is 7.17. The molecule has 112 valence electrons. The molecule has 1 atom stereocenters. The summed E-state index contributed by atoms with van der Waals surface area (Å²) in [6.45, 7) is 4.67. The lowest BCUT2D eigenvalue weighted by molar-refractivity contribution is -0.137. The zero-order chi connectivity index (χ0) is 15.2. The quantitative estimate of drug-likeness (QED) is 0.837. The van der Waals surface area contributed by atoms with E-state index in [0.29, 0.717) is 12.2 Å². The van der Waals surface area contributed by atoms with E-state index in [0.717, 1.165) is 25.2 Å². The van der Waals surface area contributed by atoms with E-state index in [1.807, 2.05) is 17.0 Å². The van der Waals surface area contributed by atoms with Crippen molar-refractivity contribution in [1.29, 1.82) is 5.26 Å². The highest BCUT2D eigenvalue weighted by Gasteiger charge is 2.25. The van der Waals surface area contributed by atoms with Gasteiger partial charge in [-0.1, -0.05) is 12.1 Å². The van der Waals surface area contributed by atoms with Gasteiger partial charge < -0.3 is 14.5 Å². The van der Waals surface area contributed by atoms with Crippen molar-refractivity contribution in [2.45, 2.75) is 19.4 Å². The van der Waals surface area contributed by atoms with Crippen LogP contribution in [0.15, 0.2) is 24.3 Å². The number of hydrogen-bond acceptors (Lipinski definition) is 4. The van der Waals surface area contributed by atoms with Crippen LogP contribution in [-0.4, -0.2) is 55.0 Å². The minimum atomic E-state index is 0.0247. The van der Waals surface area contributed by atoms with Crippen LogP contribution in [0, 0.1) is 11.3 Å². The Bertz CT molecular complexity index is 521. The van der Waals surface area contributed by atoms with Crippen molar-refractivity contribution < 1.29 is 9.53 Å². The van der Waals surface area contributed by atoms with E-state index in [1.54, 1.807) is 12.1 Å². The molecule has 0 radical (unpaired) electrons. The minimum absolute atomic E-state index is 0.0247. The number of nitriles is 1. The van der Waals surface area contributed by atoms with Gasteiger partial charge in [-0.3, -0.25) is 4.79 Å². The van der Waals surface area contributed by atoms with E-state index in [1.165, 1.54) is 0 Å². The Morgan fingerprint density at radius 1 is 1.38 bits per heavy atom. The summed E-state index contributed by atoms with van der Waals surface area (Å²) in [5.74, 6) is 0.684.